The Kier molecular flexibility index (Phi) is 3.42. The summed E-state index contributed by atoms with van der Waals surface area (Å²) in [5, 5.41) is 14.1. The lowest BCUT2D eigenvalue weighted by Gasteiger charge is -2.11. The average molecular weight is 232 g/mol. The fourth-order valence-corrected chi connectivity index (χ4v) is 2.37. The summed E-state index contributed by atoms with van der Waals surface area (Å²) in [6, 6.07) is 10.2. The highest BCUT2D eigenvalue weighted by atomic mass is 32.1. The van der Waals surface area contributed by atoms with Crippen LogP contribution < -0.4 is 0 Å². The number of rotatable bonds is 3. The van der Waals surface area contributed by atoms with Gasteiger partial charge in [-0.3, -0.25) is 0 Å². The van der Waals surface area contributed by atoms with Crippen LogP contribution in [0.5, 0.6) is 0 Å². The van der Waals surface area contributed by atoms with Gasteiger partial charge in [0.25, 0.3) is 0 Å². The van der Waals surface area contributed by atoms with Crippen LogP contribution in [0.25, 0.3) is 0 Å². The van der Waals surface area contributed by atoms with Gasteiger partial charge in [0.1, 0.15) is 6.10 Å². The third-order valence-electron chi connectivity index (χ3n) is 2.78. The zero-order chi connectivity index (χ0) is 11.5. The first-order chi connectivity index (χ1) is 7.68. The third-order valence-corrected chi connectivity index (χ3v) is 3.48. The lowest BCUT2D eigenvalue weighted by Crippen LogP contribution is -1.98. The Morgan fingerprint density at radius 1 is 0.938 bits per heavy atom. The van der Waals surface area contributed by atoms with Gasteiger partial charge in [0.05, 0.1) is 0 Å². The van der Waals surface area contributed by atoms with Crippen LogP contribution >= 0.6 is 11.3 Å². The topological polar surface area (TPSA) is 20.2 Å². The fraction of sp³-hybridized carbons (Fsp3) is 0.286. The third kappa shape index (κ3) is 2.34. The molecule has 1 aromatic carbocycles. The summed E-state index contributed by atoms with van der Waals surface area (Å²) in [5.74, 6) is 0.535. The molecule has 1 atom stereocenters. The second kappa shape index (κ2) is 4.81. The van der Waals surface area contributed by atoms with Gasteiger partial charge in [-0.05, 0) is 39.4 Å². The monoisotopic (exact) mass is 232 g/mol. The maximum Gasteiger partial charge on any atom is 0.105 e. The van der Waals surface area contributed by atoms with Crippen molar-refractivity contribution < 1.29 is 5.11 Å². The average Bonchev–Trinajstić information content (AvgIpc) is 2.81. The number of aliphatic hydroxyl groups excluding tert-OH is 1. The molecule has 0 unspecified atom stereocenters. The Bertz CT molecular complexity index is 428. The molecule has 1 N–H and O–H groups in total. The maximum absolute atomic E-state index is 10.1. The molecule has 0 aliphatic heterocycles. The van der Waals surface area contributed by atoms with E-state index in [2.05, 4.69) is 26.0 Å². The number of hydrogen-bond donors (Lipinski definition) is 1. The normalized spacial score (nSPS) is 13.0. The molecule has 0 fully saturated rings. The van der Waals surface area contributed by atoms with E-state index >= 15 is 0 Å². The van der Waals surface area contributed by atoms with Gasteiger partial charge in [0, 0.05) is 0 Å². The summed E-state index contributed by atoms with van der Waals surface area (Å²) in [6.45, 7) is 4.34. The van der Waals surface area contributed by atoms with Crippen molar-refractivity contribution in [2.24, 2.45) is 0 Å². The molecular formula is C14H16OS. The van der Waals surface area contributed by atoms with Crippen LogP contribution in [0.15, 0.2) is 41.1 Å². The van der Waals surface area contributed by atoms with E-state index in [4.69, 9.17) is 0 Å². The van der Waals surface area contributed by atoms with E-state index < -0.39 is 6.10 Å². The van der Waals surface area contributed by atoms with E-state index in [1.807, 2.05) is 29.0 Å². The van der Waals surface area contributed by atoms with E-state index in [1.54, 1.807) is 11.3 Å². The smallest absolute Gasteiger partial charge is 0.105 e. The molecule has 84 valence electrons. The van der Waals surface area contributed by atoms with Gasteiger partial charge in [0.15, 0.2) is 0 Å². The highest BCUT2D eigenvalue weighted by molar-refractivity contribution is 7.07. The molecule has 16 heavy (non-hydrogen) atoms. The zero-order valence-electron chi connectivity index (χ0n) is 9.55. The van der Waals surface area contributed by atoms with Crippen LogP contribution in [0.4, 0.5) is 0 Å². The largest absolute Gasteiger partial charge is 0.384 e. The summed E-state index contributed by atoms with van der Waals surface area (Å²) >= 11 is 1.61. The number of aliphatic hydroxyl groups is 1. The highest BCUT2D eigenvalue weighted by Gasteiger charge is 2.10. The predicted molar refractivity (Wildman–Crippen MR) is 68.9 cm³/mol. The van der Waals surface area contributed by atoms with Gasteiger partial charge in [-0.15, -0.1) is 0 Å². The van der Waals surface area contributed by atoms with Crippen molar-refractivity contribution >= 4 is 11.3 Å². The van der Waals surface area contributed by atoms with Crippen molar-refractivity contribution in [3.05, 3.63) is 57.8 Å². The van der Waals surface area contributed by atoms with E-state index in [0.717, 1.165) is 11.1 Å². The SMILES string of the molecule is CC(C)c1ccc([C@H](O)c2ccsc2)cc1. The standard InChI is InChI=1S/C14H16OS/c1-10(2)11-3-5-12(6-4-11)14(15)13-7-8-16-9-13/h3-10,14-15H,1-2H3/t14-/m0/s1. The first-order valence-corrected chi connectivity index (χ1v) is 6.43. The van der Waals surface area contributed by atoms with Gasteiger partial charge in [0.2, 0.25) is 0 Å². The van der Waals surface area contributed by atoms with E-state index in [0.29, 0.717) is 5.92 Å². The Morgan fingerprint density at radius 2 is 1.56 bits per heavy atom. The van der Waals surface area contributed by atoms with Crippen molar-refractivity contribution in [2.45, 2.75) is 25.9 Å². The van der Waals surface area contributed by atoms with Crippen LogP contribution in [-0.4, -0.2) is 5.11 Å². The molecule has 1 aromatic heterocycles. The molecule has 1 nitrogen and oxygen atoms in total. The van der Waals surface area contributed by atoms with Crippen molar-refractivity contribution in [3.63, 3.8) is 0 Å². The number of benzene rings is 1. The lowest BCUT2D eigenvalue weighted by atomic mass is 9.98. The molecule has 0 aliphatic rings. The number of hydrogen-bond acceptors (Lipinski definition) is 2. The van der Waals surface area contributed by atoms with Gasteiger partial charge in [-0.1, -0.05) is 38.1 Å². The molecule has 2 rings (SSSR count). The van der Waals surface area contributed by atoms with Gasteiger partial charge in [-0.25, -0.2) is 0 Å². The molecule has 1 heterocycles. The Balaban J connectivity index is 2.22. The van der Waals surface area contributed by atoms with Crippen LogP contribution in [0.3, 0.4) is 0 Å². The van der Waals surface area contributed by atoms with Gasteiger partial charge >= 0.3 is 0 Å². The van der Waals surface area contributed by atoms with Gasteiger partial charge < -0.3 is 5.11 Å². The second-order valence-corrected chi connectivity index (χ2v) is 5.06. The molecule has 0 saturated carbocycles. The van der Waals surface area contributed by atoms with Crippen molar-refractivity contribution in [2.75, 3.05) is 0 Å². The van der Waals surface area contributed by atoms with Crippen LogP contribution in [0.2, 0.25) is 0 Å². The minimum atomic E-state index is -0.493. The molecule has 0 saturated heterocycles. The summed E-state index contributed by atoms with van der Waals surface area (Å²) in [7, 11) is 0. The Morgan fingerprint density at radius 3 is 2.06 bits per heavy atom. The van der Waals surface area contributed by atoms with Crippen molar-refractivity contribution in [3.8, 4) is 0 Å². The second-order valence-electron chi connectivity index (χ2n) is 4.28. The highest BCUT2D eigenvalue weighted by Crippen LogP contribution is 2.25. The maximum atomic E-state index is 10.1. The first kappa shape index (κ1) is 11.4. The number of thiophene rings is 1. The zero-order valence-corrected chi connectivity index (χ0v) is 10.4. The van der Waals surface area contributed by atoms with Crippen LogP contribution in [0, 0.1) is 0 Å². The summed E-state index contributed by atoms with van der Waals surface area (Å²) < 4.78 is 0. The van der Waals surface area contributed by atoms with Crippen molar-refractivity contribution in [1.29, 1.82) is 0 Å². The summed E-state index contributed by atoms with van der Waals surface area (Å²) in [5.41, 5.74) is 3.24. The Hall–Kier alpha value is -1.12. The van der Waals surface area contributed by atoms with Crippen LogP contribution in [0.1, 0.15) is 42.6 Å². The van der Waals surface area contributed by atoms with Crippen LogP contribution in [-0.2, 0) is 0 Å². The van der Waals surface area contributed by atoms with E-state index in [1.165, 1.54) is 5.56 Å². The minimum absolute atomic E-state index is 0.493. The lowest BCUT2D eigenvalue weighted by molar-refractivity contribution is 0.221. The molecule has 2 heteroatoms. The van der Waals surface area contributed by atoms with E-state index in [9.17, 15) is 5.11 Å². The fourth-order valence-electron chi connectivity index (χ4n) is 1.69. The van der Waals surface area contributed by atoms with Crippen molar-refractivity contribution in [1.82, 2.24) is 0 Å². The van der Waals surface area contributed by atoms with E-state index in [-0.39, 0.29) is 0 Å². The molecule has 0 bridgehead atoms. The summed E-state index contributed by atoms with van der Waals surface area (Å²) in [4.78, 5) is 0. The summed E-state index contributed by atoms with van der Waals surface area (Å²) in [6.07, 6.45) is -0.493. The molecule has 0 aliphatic carbocycles. The van der Waals surface area contributed by atoms with Gasteiger partial charge in [-0.2, -0.15) is 11.3 Å². The molecule has 0 spiro atoms. The molecule has 2 aromatic rings. The Labute approximate surface area is 100 Å². The first-order valence-electron chi connectivity index (χ1n) is 5.48. The quantitative estimate of drug-likeness (QED) is 0.849. The predicted octanol–water partition coefficient (Wildman–Crippen LogP) is 3.95. The molecular weight excluding hydrogens is 216 g/mol. The molecule has 0 radical (unpaired) electrons. The molecule has 0 amide bonds. The minimum Gasteiger partial charge on any atom is -0.384 e.